The molecule has 7 heteroatoms. The Kier molecular flexibility index (Phi) is 6.83. The summed E-state index contributed by atoms with van der Waals surface area (Å²) in [5.41, 5.74) is 0. The lowest BCUT2D eigenvalue weighted by Gasteiger charge is -2.31. The molecule has 1 aliphatic heterocycles. The zero-order chi connectivity index (χ0) is 16.7. The minimum atomic E-state index is -3.41. The highest BCUT2D eigenvalue weighted by atomic mass is 32.2. The molecule has 6 nitrogen and oxygen atoms in total. The number of nitrogens with one attached hydrogen (secondary N) is 1. The first kappa shape index (κ1) is 18.2. The molecule has 23 heavy (non-hydrogen) atoms. The van der Waals surface area contributed by atoms with Crippen molar-refractivity contribution in [3.05, 3.63) is 24.3 Å². The maximum atomic E-state index is 12.6. The average molecular weight is 342 g/mol. The van der Waals surface area contributed by atoms with Crippen LogP contribution in [0, 0.1) is 0 Å². The van der Waals surface area contributed by atoms with Crippen molar-refractivity contribution in [2.24, 2.45) is 0 Å². The van der Waals surface area contributed by atoms with Gasteiger partial charge in [-0.3, -0.25) is 0 Å². The molecular formula is C16H26N2O4S. The first-order chi connectivity index (χ1) is 11.1. The van der Waals surface area contributed by atoms with E-state index < -0.39 is 10.0 Å². The third-order valence-electron chi connectivity index (χ3n) is 4.02. The number of sulfonamides is 1. The second-order valence-corrected chi connectivity index (χ2v) is 7.42. The third-order valence-corrected chi connectivity index (χ3v) is 5.94. The number of ether oxygens (including phenoxy) is 2. The van der Waals surface area contributed by atoms with Crippen LogP contribution in [0.5, 0.6) is 5.75 Å². The molecule has 0 amide bonds. The highest BCUT2D eigenvalue weighted by molar-refractivity contribution is 7.89. The second-order valence-electron chi connectivity index (χ2n) is 5.48. The molecule has 0 bridgehead atoms. The fraction of sp³-hybridized carbons (Fsp3) is 0.625. The number of hydrogen-bond donors (Lipinski definition) is 1. The van der Waals surface area contributed by atoms with Crippen molar-refractivity contribution >= 4 is 10.0 Å². The summed E-state index contributed by atoms with van der Waals surface area (Å²) >= 11 is 0. The molecule has 1 aromatic rings. The van der Waals surface area contributed by atoms with Gasteiger partial charge in [-0.25, -0.2) is 8.42 Å². The maximum Gasteiger partial charge on any atom is 0.243 e. The van der Waals surface area contributed by atoms with Gasteiger partial charge in [-0.15, -0.1) is 0 Å². The lowest BCUT2D eigenvalue weighted by atomic mass is 10.1. The van der Waals surface area contributed by atoms with E-state index in [1.807, 2.05) is 14.0 Å². The van der Waals surface area contributed by atoms with E-state index >= 15 is 0 Å². The van der Waals surface area contributed by atoms with E-state index in [4.69, 9.17) is 9.47 Å². The Balaban J connectivity index is 1.95. The van der Waals surface area contributed by atoms with Crippen LogP contribution in [0.1, 0.15) is 19.8 Å². The average Bonchev–Trinajstić information content (AvgIpc) is 2.59. The minimum absolute atomic E-state index is 0.317. The summed E-state index contributed by atoms with van der Waals surface area (Å²) in [6, 6.07) is 7.01. The van der Waals surface area contributed by atoms with Gasteiger partial charge in [0.25, 0.3) is 0 Å². The number of hydrogen-bond acceptors (Lipinski definition) is 5. The standard InChI is InChI=1S/C16H26N2O4S/c1-3-21-12-13-22-15-4-6-16(7-5-15)23(19,20)18-10-8-14(17-2)9-11-18/h4-7,14,17H,3,8-13H2,1-2H3. The van der Waals surface area contributed by atoms with E-state index in [1.54, 1.807) is 28.6 Å². The van der Waals surface area contributed by atoms with Gasteiger partial charge in [-0.1, -0.05) is 0 Å². The van der Waals surface area contributed by atoms with E-state index in [0.29, 0.717) is 49.6 Å². The first-order valence-electron chi connectivity index (χ1n) is 8.06. The fourth-order valence-corrected chi connectivity index (χ4v) is 4.07. The van der Waals surface area contributed by atoms with E-state index in [-0.39, 0.29) is 0 Å². The highest BCUT2D eigenvalue weighted by Gasteiger charge is 2.28. The Morgan fingerprint density at radius 1 is 1.17 bits per heavy atom. The SMILES string of the molecule is CCOCCOc1ccc(S(=O)(=O)N2CCC(NC)CC2)cc1. The molecule has 1 heterocycles. The smallest absolute Gasteiger partial charge is 0.243 e. The molecule has 1 aromatic carbocycles. The molecule has 1 N–H and O–H groups in total. The maximum absolute atomic E-state index is 12.6. The summed E-state index contributed by atoms with van der Waals surface area (Å²) in [5, 5.41) is 3.20. The molecular weight excluding hydrogens is 316 g/mol. The van der Waals surface area contributed by atoms with Crippen LogP contribution in [0.4, 0.5) is 0 Å². The Morgan fingerprint density at radius 2 is 1.83 bits per heavy atom. The molecule has 0 aliphatic carbocycles. The molecule has 0 spiro atoms. The van der Waals surface area contributed by atoms with Gasteiger partial charge in [-0.05, 0) is 51.1 Å². The van der Waals surface area contributed by atoms with Gasteiger partial charge in [0.15, 0.2) is 0 Å². The predicted octanol–water partition coefficient (Wildman–Crippen LogP) is 1.47. The second kappa shape index (κ2) is 8.63. The normalized spacial score (nSPS) is 17.3. The van der Waals surface area contributed by atoms with Gasteiger partial charge in [-0.2, -0.15) is 4.31 Å². The van der Waals surface area contributed by atoms with Crippen molar-refractivity contribution in [1.82, 2.24) is 9.62 Å². The van der Waals surface area contributed by atoms with E-state index in [0.717, 1.165) is 12.8 Å². The molecule has 0 atom stereocenters. The first-order valence-corrected chi connectivity index (χ1v) is 9.50. The van der Waals surface area contributed by atoms with Crippen molar-refractivity contribution in [1.29, 1.82) is 0 Å². The molecule has 2 rings (SSSR count). The van der Waals surface area contributed by atoms with Crippen LogP contribution >= 0.6 is 0 Å². The Labute approximate surface area is 138 Å². The molecule has 1 aliphatic rings. The number of piperidine rings is 1. The summed E-state index contributed by atoms with van der Waals surface area (Å²) in [7, 11) is -1.50. The predicted molar refractivity (Wildman–Crippen MR) is 89.3 cm³/mol. The largest absolute Gasteiger partial charge is 0.491 e. The van der Waals surface area contributed by atoms with Crippen LogP contribution in [0.2, 0.25) is 0 Å². The zero-order valence-corrected chi connectivity index (χ0v) is 14.6. The number of nitrogens with zero attached hydrogens (tertiary/aromatic N) is 1. The third kappa shape index (κ3) is 4.91. The summed E-state index contributed by atoms with van der Waals surface area (Å²) < 4.78 is 37.5. The van der Waals surface area contributed by atoms with Crippen LogP contribution in [-0.4, -0.2) is 58.7 Å². The van der Waals surface area contributed by atoms with E-state index in [1.165, 1.54) is 0 Å². The van der Waals surface area contributed by atoms with Gasteiger partial charge >= 0.3 is 0 Å². The highest BCUT2D eigenvalue weighted by Crippen LogP contribution is 2.22. The topological polar surface area (TPSA) is 67.9 Å². The van der Waals surface area contributed by atoms with Crippen molar-refractivity contribution in [2.45, 2.75) is 30.7 Å². The Bertz CT molecular complexity index is 566. The van der Waals surface area contributed by atoms with Crippen LogP contribution in [0.25, 0.3) is 0 Å². The van der Waals surface area contributed by atoms with E-state index in [2.05, 4.69) is 5.32 Å². The van der Waals surface area contributed by atoms with Crippen LogP contribution in [0.3, 0.4) is 0 Å². The molecule has 0 radical (unpaired) electrons. The summed E-state index contributed by atoms with van der Waals surface area (Å²) in [6.45, 7) is 4.68. The molecule has 1 saturated heterocycles. The lowest BCUT2D eigenvalue weighted by molar-refractivity contribution is 0.110. The fourth-order valence-electron chi connectivity index (χ4n) is 2.60. The van der Waals surface area contributed by atoms with Crippen LogP contribution < -0.4 is 10.1 Å². The van der Waals surface area contributed by atoms with Gasteiger partial charge in [0.1, 0.15) is 12.4 Å². The zero-order valence-electron chi connectivity index (χ0n) is 13.8. The molecule has 130 valence electrons. The van der Waals surface area contributed by atoms with Crippen LogP contribution in [0.15, 0.2) is 29.2 Å². The minimum Gasteiger partial charge on any atom is -0.491 e. The van der Waals surface area contributed by atoms with Crippen molar-refractivity contribution in [3.63, 3.8) is 0 Å². The number of rotatable bonds is 8. The lowest BCUT2D eigenvalue weighted by Crippen LogP contribution is -2.43. The molecule has 0 unspecified atom stereocenters. The van der Waals surface area contributed by atoms with Crippen molar-refractivity contribution < 1.29 is 17.9 Å². The van der Waals surface area contributed by atoms with Gasteiger partial charge in [0.2, 0.25) is 10.0 Å². The summed E-state index contributed by atoms with van der Waals surface area (Å²) in [4.78, 5) is 0.317. The van der Waals surface area contributed by atoms with Crippen molar-refractivity contribution in [2.75, 3.05) is 40.0 Å². The molecule has 1 fully saturated rings. The number of benzene rings is 1. The summed E-state index contributed by atoms with van der Waals surface area (Å²) in [5.74, 6) is 0.651. The Hall–Kier alpha value is -1.15. The quantitative estimate of drug-likeness (QED) is 0.725. The molecule has 0 saturated carbocycles. The monoisotopic (exact) mass is 342 g/mol. The van der Waals surface area contributed by atoms with Gasteiger partial charge in [0, 0.05) is 25.7 Å². The van der Waals surface area contributed by atoms with Gasteiger partial charge in [0.05, 0.1) is 11.5 Å². The summed E-state index contributed by atoms with van der Waals surface area (Å²) in [6.07, 6.45) is 1.68. The Morgan fingerprint density at radius 3 is 2.39 bits per heavy atom. The van der Waals surface area contributed by atoms with Gasteiger partial charge < -0.3 is 14.8 Å². The van der Waals surface area contributed by atoms with E-state index in [9.17, 15) is 8.42 Å². The molecule has 0 aromatic heterocycles. The van der Waals surface area contributed by atoms with Crippen molar-refractivity contribution in [3.8, 4) is 5.75 Å². The van der Waals surface area contributed by atoms with Crippen LogP contribution in [-0.2, 0) is 14.8 Å².